The molecule has 98 valence electrons. The van der Waals surface area contributed by atoms with Crippen molar-refractivity contribution in [3.05, 3.63) is 30.1 Å². The first-order valence-electron chi connectivity index (χ1n) is 6.88. The Morgan fingerprint density at radius 1 is 1.44 bits per heavy atom. The van der Waals surface area contributed by atoms with E-state index in [9.17, 15) is 4.79 Å². The fourth-order valence-corrected chi connectivity index (χ4v) is 2.48. The lowest BCUT2D eigenvalue weighted by molar-refractivity contribution is -0.696. The number of aromatic nitrogens is 1. The molecule has 1 unspecified atom stereocenters. The van der Waals surface area contributed by atoms with Gasteiger partial charge in [0.15, 0.2) is 18.9 Å². The van der Waals surface area contributed by atoms with Gasteiger partial charge in [-0.25, -0.2) is 4.57 Å². The highest BCUT2D eigenvalue weighted by molar-refractivity contribution is 5.76. The molecule has 0 bridgehead atoms. The number of aryl methyl sites for hydroxylation is 2. The number of piperidine rings is 1. The van der Waals surface area contributed by atoms with E-state index < -0.39 is 0 Å². The number of likely N-dealkylation sites (tertiary alicyclic amines) is 1. The Labute approximate surface area is 109 Å². The van der Waals surface area contributed by atoms with Crippen molar-refractivity contribution in [1.82, 2.24) is 4.90 Å². The summed E-state index contributed by atoms with van der Waals surface area (Å²) in [4.78, 5) is 14.1. The average molecular weight is 247 g/mol. The minimum absolute atomic E-state index is 0.301. The first-order chi connectivity index (χ1) is 8.65. The Hall–Kier alpha value is -1.38. The van der Waals surface area contributed by atoms with Crippen LogP contribution in [-0.4, -0.2) is 23.9 Å². The molecule has 0 aliphatic carbocycles. The van der Waals surface area contributed by atoms with E-state index in [0.717, 1.165) is 26.1 Å². The number of hydrogen-bond donors (Lipinski definition) is 0. The standard InChI is InChI=1S/C15H23N2O/c1-13-5-9-16(10-6-13)11-7-15(18)17-8-3-4-14(2)12-17/h5-6,9-10,14H,3-4,7-8,11-12H2,1-2H3/q+1. The predicted octanol–water partition coefficient (Wildman–Crippen LogP) is 1.93. The molecule has 1 aromatic rings. The maximum Gasteiger partial charge on any atom is 0.228 e. The summed E-state index contributed by atoms with van der Waals surface area (Å²) in [5, 5.41) is 0. The van der Waals surface area contributed by atoms with Gasteiger partial charge >= 0.3 is 0 Å². The van der Waals surface area contributed by atoms with Gasteiger partial charge in [0.25, 0.3) is 0 Å². The van der Waals surface area contributed by atoms with Gasteiger partial charge in [-0.1, -0.05) is 6.92 Å². The molecule has 1 atom stereocenters. The fraction of sp³-hybridized carbons (Fsp3) is 0.600. The van der Waals surface area contributed by atoms with Crippen LogP contribution in [0.15, 0.2) is 24.5 Å². The number of pyridine rings is 1. The van der Waals surface area contributed by atoms with E-state index in [1.807, 2.05) is 17.3 Å². The third-order valence-electron chi connectivity index (χ3n) is 3.65. The Balaban J connectivity index is 1.82. The van der Waals surface area contributed by atoms with Crippen molar-refractivity contribution in [2.24, 2.45) is 5.92 Å². The minimum atomic E-state index is 0.301. The van der Waals surface area contributed by atoms with Gasteiger partial charge in [-0.15, -0.1) is 0 Å². The maximum absolute atomic E-state index is 12.1. The van der Waals surface area contributed by atoms with Crippen LogP contribution in [0, 0.1) is 12.8 Å². The van der Waals surface area contributed by atoms with E-state index in [0.29, 0.717) is 18.2 Å². The van der Waals surface area contributed by atoms with E-state index in [1.165, 1.54) is 12.0 Å². The monoisotopic (exact) mass is 247 g/mol. The molecule has 1 fully saturated rings. The second-order valence-electron chi connectivity index (χ2n) is 5.45. The summed E-state index contributed by atoms with van der Waals surface area (Å²) in [7, 11) is 0. The van der Waals surface area contributed by atoms with Crippen LogP contribution in [0.1, 0.15) is 31.7 Å². The van der Waals surface area contributed by atoms with Crippen molar-refractivity contribution in [1.29, 1.82) is 0 Å². The largest absolute Gasteiger partial charge is 0.342 e. The van der Waals surface area contributed by atoms with Gasteiger partial charge in [0.05, 0.1) is 6.42 Å². The van der Waals surface area contributed by atoms with Crippen molar-refractivity contribution in [3.63, 3.8) is 0 Å². The minimum Gasteiger partial charge on any atom is -0.342 e. The molecule has 3 nitrogen and oxygen atoms in total. The second-order valence-corrected chi connectivity index (χ2v) is 5.45. The molecule has 0 N–H and O–H groups in total. The molecule has 2 heterocycles. The summed E-state index contributed by atoms with van der Waals surface area (Å²) in [6.07, 6.45) is 7.12. The Morgan fingerprint density at radius 3 is 2.83 bits per heavy atom. The fourth-order valence-electron chi connectivity index (χ4n) is 2.48. The molecule has 1 aromatic heterocycles. The van der Waals surface area contributed by atoms with Crippen LogP contribution in [0.2, 0.25) is 0 Å². The third kappa shape index (κ3) is 3.56. The molecule has 3 heteroatoms. The van der Waals surface area contributed by atoms with Crippen LogP contribution in [0.3, 0.4) is 0 Å². The molecule has 18 heavy (non-hydrogen) atoms. The molecule has 0 saturated carbocycles. The van der Waals surface area contributed by atoms with E-state index in [-0.39, 0.29) is 0 Å². The third-order valence-corrected chi connectivity index (χ3v) is 3.65. The molecule has 2 rings (SSSR count). The van der Waals surface area contributed by atoms with Crippen LogP contribution in [0.4, 0.5) is 0 Å². The van der Waals surface area contributed by atoms with E-state index in [2.05, 4.69) is 30.5 Å². The van der Waals surface area contributed by atoms with Crippen LogP contribution >= 0.6 is 0 Å². The quantitative estimate of drug-likeness (QED) is 0.749. The van der Waals surface area contributed by atoms with E-state index >= 15 is 0 Å². The lowest BCUT2D eigenvalue weighted by Gasteiger charge is -2.30. The summed E-state index contributed by atoms with van der Waals surface area (Å²) in [5.74, 6) is 0.962. The molecule has 0 spiro atoms. The highest BCUT2D eigenvalue weighted by Crippen LogP contribution is 2.15. The highest BCUT2D eigenvalue weighted by atomic mass is 16.2. The highest BCUT2D eigenvalue weighted by Gasteiger charge is 2.21. The lowest BCUT2D eigenvalue weighted by Crippen LogP contribution is -2.42. The van der Waals surface area contributed by atoms with Gasteiger partial charge in [0.2, 0.25) is 5.91 Å². The van der Waals surface area contributed by atoms with Gasteiger partial charge in [-0.2, -0.15) is 0 Å². The Morgan fingerprint density at radius 2 is 2.17 bits per heavy atom. The summed E-state index contributed by atoms with van der Waals surface area (Å²) < 4.78 is 2.08. The number of nitrogens with zero attached hydrogens (tertiary/aromatic N) is 2. The number of carbonyl (C=O) groups is 1. The summed E-state index contributed by atoms with van der Waals surface area (Å²) >= 11 is 0. The lowest BCUT2D eigenvalue weighted by atomic mass is 10.00. The van der Waals surface area contributed by atoms with Crippen molar-refractivity contribution >= 4 is 5.91 Å². The number of amides is 1. The normalized spacial score (nSPS) is 19.9. The van der Waals surface area contributed by atoms with Gasteiger partial charge < -0.3 is 4.90 Å². The van der Waals surface area contributed by atoms with Crippen LogP contribution < -0.4 is 4.57 Å². The number of rotatable bonds is 3. The zero-order valence-electron chi connectivity index (χ0n) is 11.4. The zero-order chi connectivity index (χ0) is 13.0. The van der Waals surface area contributed by atoms with Crippen LogP contribution in [-0.2, 0) is 11.3 Å². The average Bonchev–Trinajstić information content (AvgIpc) is 2.38. The zero-order valence-corrected chi connectivity index (χ0v) is 11.4. The molecule has 1 amide bonds. The smallest absolute Gasteiger partial charge is 0.228 e. The van der Waals surface area contributed by atoms with Crippen LogP contribution in [0.25, 0.3) is 0 Å². The van der Waals surface area contributed by atoms with Crippen LogP contribution in [0.5, 0.6) is 0 Å². The predicted molar refractivity (Wildman–Crippen MR) is 71.0 cm³/mol. The van der Waals surface area contributed by atoms with Gasteiger partial charge in [0, 0.05) is 25.2 Å². The van der Waals surface area contributed by atoms with Gasteiger partial charge in [0.1, 0.15) is 0 Å². The molecule has 0 aromatic carbocycles. The maximum atomic E-state index is 12.1. The molecular formula is C15H23N2O+. The first kappa shape index (κ1) is 13.1. The van der Waals surface area contributed by atoms with Crippen molar-refractivity contribution < 1.29 is 9.36 Å². The van der Waals surface area contributed by atoms with Crippen molar-refractivity contribution in [2.75, 3.05) is 13.1 Å². The molecule has 1 aliphatic rings. The summed E-state index contributed by atoms with van der Waals surface area (Å²) in [6.45, 7) is 6.97. The van der Waals surface area contributed by atoms with Gasteiger partial charge in [-0.3, -0.25) is 4.79 Å². The first-order valence-corrected chi connectivity index (χ1v) is 6.88. The molecule has 0 radical (unpaired) electrons. The topological polar surface area (TPSA) is 24.2 Å². The van der Waals surface area contributed by atoms with Crippen molar-refractivity contribution in [2.45, 2.75) is 39.7 Å². The number of carbonyl (C=O) groups excluding carboxylic acids is 1. The van der Waals surface area contributed by atoms with E-state index in [4.69, 9.17) is 0 Å². The Bertz CT molecular complexity index is 399. The van der Waals surface area contributed by atoms with E-state index in [1.54, 1.807) is 0 Å². The van der Waals surface area contributed by atoms with Gasteiger partial charge in [-0.05, 0) is 31.2 Å². The van der Waals surface area contributed by atoms with Crippen molar-refractivity contribution in [3.8, 4) is 0 Å². The summed E-state index contributed by atoms with van der Waals surface area (Å²) in [6, 6.07) is 4.15. The Kier molecular flexibility index (Phi) is 4.34. The number of hydrogen-bond acceptors (Lipinski definition) is 1. The molecular weight excluding hydrogens is 224 g/mol. The summed E-state index contributed by atoms with van der Waals surface area (Å²) in [5.41, 5.74) is 1.25. The molecule has 1 aliphatic heterocycles. The second kappa shape index (κ2) is 5.98. The SMILES string of the molecule is Cc1cc[n+](CCC(=O)N2CCCC(C)C2)cc1. The molecule has 1 saturated heterocycles.